The summed E-state index contributed by atoms with van der Waals surface area (Å²) in [6.07, 6.45) is -3.80. The van der Waals surface area contributed by atoms with Gasteiger partial charge < -0.3 is 10.0 Å². The predicted octanol–water partition coefficient (Wildman–Crippen LogP) is 3.14. The van der Waals surface area contributed by atoms with Crippen molar-refractivity contribution in [1.82, 2.24) is 0 Å². The van der Waals surface area contributed by atoms with Crippen LogP contribution in [-0.2, 0) is 0 Å². The van der Waals surface area contributed by atoms with Crippen LogP contribution in [0.4, 0.5) is 18.9 Å². The maximum absolute atomic E-state index is 12.7. The lowest BCUT2D eigenvalue weighted by Gasteiger charge is -2.29. The van der Waals surface area contributed by atoms with E-state index in [1.807, 2.05) is 6.07 Å². The van der Waals surface area contributed by atoms with Crippen LogP contribution in [0.15, 0.2) is 18.2 Å². The number of rotatable bonds is 4. The summed E-state index contributed by atoms with van der Waals surface area (Å²) in [6.45, 7) is 0.440. The average Bonchev–Trinajstić information content (AvgIpc) is 3.18. The molecule has 0 heterocycles. The minimum Gasteiger partial charge on any atom is -0.389 e. The third-order valence-electron chi connectivity index (χ3n) is 3.26. The Labute approximate surface area is 115 Å². The molecule has 1 N–H and O–H groups in total. The fraction of sp³-hybridized carbons (Fsp3) is 0.500. The number of nitrogens with zero attached hydrogens (tertiary/aromatic N) is 2. The molecule has 20 heavy (non-hydrogen) atoms. The second-order valence-corrected chi connectivity index (χ2v) is 5.04. The summed E-state index contributed by atoms with van der Waals surface area (Å²) in [7, 11) is 0. The first-order valence-electron chi connectivity index (χ1n) is 6.37. The fourth-order valence-electron chi connectivity index (χ4n) is 2.21. The number of hydrogen-bond acceptors (Lipinski definition) is 3. The van der Waals surface area contributed by atoms with Gasteiger partial charge in [-0.05, 0) is 31.9 Å². The zero-order valence-electron chi connectivity index (χ0n) is 11.0. The zero-order valence-corrected chi connectivity index (χ0v) is 11.0. The Morgan fingerprint density at radius 1 is 1.45 bits per heavy atom. The summed E-state index contributed by atoms with van der Waals surface area (Å²) in [5.74, 6) is 0. The molecule has 1 aliphatic carbocycles. The molecule has 0 unspecified atom stereocenters. The number of halogens is 3. The van der Waals surface area contributed by atoms with E-state index < -0.39 is 18.8 Å². The van der Waals surface area contributed by atoms with Crippen molar-refractivity contribution in [3.63, 3.8) is 0 Å². The third-order valence-corrected chi connectivity index (χ3v) is 3.26. The molecule has 1 atom stereocenters. The van der Waals surface area contributed by atoms with Crippen LogP contribution < -0.4 is 4.90 Å². The van der Waals surface area contributed by atoms with Crippen LogP contribution >= 0.6 is 0 Å². The molecule has 0 spiro atoms. The van der Waals surface area contributed by atoms with Crippen molar-refractivity contribution in [2.24, 2.45) is 0 Å². The first-order chi connectivity index (χ1) is 9.31. The van der Waals surface area contributed by atoms with E-state index in [1.54, 1.807) is 0 Å². The monoisotopic (exact) mass is 284 g/mol. The Balaban J connectivity index is 2.43. The Hall–Kier alpha value is -1.74. The molecule has 1 fully saturated rings. The SMILES string of the molecule is C[C@@H](O)c1ccc(C#N)cc1N(CC(F)(F)F)C1CC1. The van der Waals surface area contributed by atoms with Gasteiger partial charge in [-0.25, -0.2) is 0 Å². The van der Waals surface area contributed by atoms with E-state index in [0.717, 1.165) is 0 Å². The van der Waals surface area contributed by atoms with Crippen molar-refractivity contribution in [2.45, 2.75) is 38.1 Å². The van der Waals surface area contributed by atoms with Gasteiger partial charge in [-0.15, -0.1) is 0 Å². The zero-order chi connectivity index (χ0) is 14.9. The van der Waals surface area contributed by atoms with Gasteiger partial charge in [-0.1, -0.05) is 6.07 Å². The third kappa shape index (κ3) is 3.42. The Morgan fingerprint density at radius 3 is 2.55 bits per heavy atom. The summed E-state index contributed by atoms with van der Waals surface area (Å²) < 4.78 is 38.2. The molecular formula is C14H15F3N2O. The Morgan fingerprint density at radius 2 is 2.10 bits per heavy atom. The lowest BCUT2D eigenvalue weighted by atomic mass is 10.0. The maximum Gasteiger partial charge on any atom is 0.405 e. The van der Waals surface area contributed by atoms with Crippen LogP contribution in [0.3, 0.4) is 0 Å². The number of aliphatic hydroxyl groups is 1. The van der Waals surface area contributed by atoms with Crippen LogP contribution in [-0.4, -0.2) is 23.9 Å². The van der Waals surface area contributed by atoms with E-state index in [1.165, 1.54) is 30.0 Å². The molecule has 108 valence electrons. The van der Waals surface area contributed by atoms with E-state index in [0.29, 0.717) is 24.1 Å². The van der Waals surface area contributed by atoms with E-state index in [9.17, 15) is 18.3 Å². The number of nitriles is 1. The topological polar surface area (TPSA) is 47.3 Å². The summed E-state index contributed by atoms with van der Waals surface area (Å²) in [5, 5.41) is 18.6. The predicted molar refractivity (Wildman–Crippen MR) is 68.2 cm³/mol. The van der Waals surface area contributed by atoms with Gasteiger partial charge in [0.2, 0.25) is 0 Å². The minimum atomic E-state index is -4.32. The quantitative estimate of drug-likeness (QED) is 0.924. The first-order valence-corrected chi connectivity index (χ1v) is 6.37. The highest BCUT2D eigenvalue weighted by molar-refractivity contribution is 5.60. The Kier molecular flexibility index (Phi) is 3.91. The van der Waals surface area contributed by atoms with Crippen LogP contribution in [0.5, 0.6) is 0 Å². The van der Waals surface area contributed by atoms with Crippen LogP contribution in [0.1, 0.15) is 37.0 Å². The molecule has 6 heteroatoms. The molecule has 1 saturated carbocycles. The lowest BCUT2D eigenvalue weighted by Crippen LogP contribution is -2.36. The van der Waals surface area contributed by atoms with E-state index in [4.69, 9.17) is 5.26 Å². The van der Waals surface area contributed by atoms with E-state index in [2.05, 4.69) is 0 Å². The lowest BCUT2D eigenvalue weighted by molar-refractivity contribution is -0.120. The molecule has 0 aromatic heterocycles. The van der Waals surface area contributed by atoms with Gasteiger partial charge in [0.15, 0.2) is 0 Å². The summed E-state index contributed by atoms with van der Waals surface area (Å²) in [4.78, 5) is 1.25. The molecule has 2 rings (SSSR count). The highest BCUT2D eigenvalue weighted by Crippen LogP contribution is 2.38. The van der Waals surface area contributed by atoms with Gasteiger partial charge in [0, 0.05) is 17.3 Å². The molecule has 0 amide bonds. The summed E-state index contributed by atoms with van der Waals surface area (Å²) >= 11 is 0. The molecule has 0 saturated heterocycles. The average molecular weight is 284 g/mol. The highest BCUT2D eigenvalue weighted by Gasteiger charge is 2.39. The molecule has 1 aromatic rings. The standard InChI is InChI=1S/C14H15F3N2O/c1-9(20)12-5-2-10(7-18)6-13(12)19(11-3-4-11)8-14(15,16)17/h2,5-6,9,11,20H,3-4,8H2,1H3/t9-/m1/s1. The van der Waals surface area contributed by atoms with Crippen molar-refractivity contribution in [3.05, 3.63) is 29.3 Å². The van der Waals surface area contributed by atoms with E-state index in [-0.39, 0.29) is 11.6 Å². The smallest absolute Gasteiger partial charge is 0.389 e. The minimum absolute atomic E-state index is 0.164. The summed E-state index contributed by atoms with van der Waals surface area (Å²) in [6, 6.07) is 6.20. The van der Waals surface area contributed by atoms with E-state index >= 15 is 0 Å². The van der Waals surface area contributed by atoms with Gasteiger partial charge >= 0.3 is 6.18 Å². The van der Waals surface area contributed by atoms with Crippen molar-refractivity contribution >= 4 is 5.69 Å². The first kappa shape index (κ1) is 14.7. The summed E-state index contributed by atoms with van der Waals surface area (Å²) in [5.41, 5.74) is 1.01. The van der Waals surface area contributed by atoms with Crippen LogP contribution in [0, 0.1) is 11.3 Å². The largest absolute Gasteiger partial charge is 0.405 e. The van der Waals surface area contributed by atoms with Gasteiger partial charge in [0.1, 0.15) is 6.54 Å². The number of alkyl halides is 3. The second-order valence-electron chi connectivity index (χ2n) is 5.04. The van der Waals surface area contributed by atoms with Crippen molar-refractivity contribution in [2.75, 3.05) is 11.4 Å². The van der Waals surface area contributed by atoms with Crippen LogP contribution in [0.2, 0.25) is 0 Å². The second kappa shape index (κ2) is 5.33. The highest BCUT2D eigenvalue weighted by atomic mass is 19.4. The van der Waals surface area contributed by atoms with Gasteiger partial charge in [0.25, 0.3) is 0 Å². The number of hydrogen-bond donors (Lipinski definition) is 1. The fourth-order valence-corrected chi connectivity index (χ4v) is 2.21. The molecule has 0 aliphatic heterocycles. The van der Waals surface area contributed by atoms with Crippen molar-refractivity contribution in [3.8, 4) is 6.07 Å². The molecule has 0 bridgehead atoms. The van der Waals surface area contributed by atoms with Gasteiger partial charge in [0.05, 0.1) is 17.7 Å². The van der Waals surface area contributed by atoms with Crippen LogP contribution in [0.25, 0.3) is 0 Å². The molecule has 0 radical (unpaired) electrons. The van der Waals surface area contributed by atoms with Crippen molar-refractivity contribution < 1.29 is 18.3 Å². The number of aliphatic hydroxyl groups excluding tert-OH is 1. The van der Waals surface area contributed by atoms with Gasteiger partial charge in [-0.2, -0.15) is 18.4 Å². The molecule has 1 aromatic carbocycles. The number of benzene rings is 1. The maximum atomic E-state index is 12.7. The molecule has 3 nitrogen and oxygen atoms in total. The van der Waals surface area contributed by atoms with Crippen molar-refractivity contribution in [1.29, 1.82) is 5.26 Å². The van der Waals surface area contributed by atoms with Gasteiger partial charge in [-0.3, -0.25) is 0 Å². The Bertz CT molecular complexity index is 530. The molecular weight excluding hydrogens is 269 g/mol. The number of anilines is 1. The molecule has 1 aliphatic rings. The normalized spacial score (nSPS) is 16.6.